The second kappa shape index (κ2) is 5.69. The zero-order chi connectivity index (χ0) is 14.0. The lowest BCUT2D eigenvalue weighted by Crippen LogP contribution is -2.40. The van der Waals surface area contributed by atoms with E-state index < -0.39 is 15.6 Å². The summed E-state index contributed by atoms with van der Waals surface area (Å²) in [5.74, 6) is 0. The van der Waals surface area contributed by atoms with Crippen LogP contribution in [0.4, 0.5) is 0 Å². The molecule has 1 unspecified atom stereocenters. The second-order valence-corrected chi connectivity index (χ2v) is 7.20. The number of aryl methyl sites for hydroxylation is 1. The average Bonchev–Trinajstić information content (AvgIpc) is 2.26. The molecule has 0 heterocycles. The Morgan fingerprint density at radius 1 is 1.44 bits per heavy atom. The van der Waals surface area contributed by atoms with Crippen molar-refractivity contribution >= 4 is 26.0 Å². The summed E-state index contributed by atoms with van der Waals surface area (Å²) in [4.78, 5) is 0.181. The minimum absolute atomic E-state index is 0.00779. The molecule has 1 aromatic rings. The summed E-state index contributed by atoms with van der Waals surface area (Å²) < 4.78 is 27.1. The predicted molar refractivity (Wildman–Crippen MR) is 75.0 cm³/mol. The number of hydrogen-bond donors (Lipinski definition) is 2. The van der Waals surface area contributed by atoms with Gasteiger partial charge in [-0.05, 0) is 53.9 Å². The molecular weight excluding hydrogens is 318 g/mol. The molecule has 18 heavy (non-hydrogen) atoms. The highest BCUT2D eigenvalue weighted by Gasteiger charge is 2.23. The van der Waals surface area contributed by atoms with E-state index in [1.54, 1.807) is 32.0 Å². The van der Waals surface area contributed by atoms with E-state index in [0.29, 0.717) is 10.9 Å². The second-order valence-electron chi connectivity index (χ2n) is 4.61. The predicted octanol–water partition coefficient (Wildman–Crippen LogP) is 2.20. The van der Waals surface area contributed by atoms with Crippen LogP contribution in [0.3, 0.4) is 0 Å². The van der Waals surface area contributed by atoms with Crippen molar-refractivity contribution in [3.8, 4) is 0 Å². The summed E-state index contributed by atoms with van der Waals surface area (Å²) in [6.45, 7) is 5.28. The molecule has 6 heteroatoms. The molecule has 0 fully saturated rings. The summed E-state index contributed by atoms with van der Waals surface area (Å²) in [6, 6.07) is 5.02. The van der Waals surface area contributed by atoms with Gasteiger partial charge in [-0.1, -0.05) is 13.0 Å². The molecule has 1 aromatic carbocycles. The molecule has 0 aliphatic rings. The Hall–Kier alpha value is -0.430. The third-order valence-corrected chi connectivity index (χ3v) is 5.16. The van der Waals surface area contributed by atoms with Gasteiger partial charge in [-0.2, -0.15) is 0 Å². The summed E-state index contributed by atoms with van der Waals surface area (Å²) in [5, 5.41) is 9.81. The molecule has 0 amide bonds. The highest BCUT2D eigenvalue weighted by Crippen LogP contribution is 2.23. The van der Waals surface area contributed by atoms with Gasteiger partial charge in [0.2, 0.25) is 10.0 Å². The Bertz CT molecular complexity index is 526. The monoisotopic (exact) mass is 335 g/mol. The van der Waals surface area contributed by atoms with Crippen LogP contribution in [-0.2, 0) is 10.0 Å². The maximum atomic E-state index is 12.1. The van der Waals surface area contributed by atoms with Gasteiger partial charge in [0.25, 0.3) is 0 Å². The molecule has 0 spiro atoms. The maximum absolute atomic E-state index is 12.1. The van der Waals surface area contributed by atoms with E-state index in [4.69, 9.17) is 0 Å². The summed E-state index contributed by atoms with van der Waals surface area (Å²) in [6.07, 6.45) is 0.477. The van der Waals surface area contributed by atoms with E-state index in [-0.39, 0.29) is 11.4 Å². The van der Waals surface area contributed by atoms with Crippen LogP contribution in [0.15, 0.2) is 27.6 Å². The van der Waals surface area contributed by atoms with Crippen LogP contribution in [-0.4, -0.2) is 25.7 Å². The number of sulfonamides is 1. The molecule has 0 aliphatic carbocycles. The van der Waals surface area contributed by atoms with Crippen LogP contribution >= 0.6 is 15.9 Å². The quantitative estimate of drug-likeness (QED) is 0.866. The van der Waals surface area contributed by atoms with E-state index in [2.05, 4.69) is 20.7 Å². The molecule has 1 atom stereocenters. The third kappa shape index (κ3) is 4.05. The molecule has 2 N–H and O–H groups in total. The molecule has 0 aromatic heterocycles. The van der Waals surface area contributed by atoms with Gasteiger partial charge in [0.15, 0.2) is 0 Å². The van der Waals surface area contributed by atoms with Crippen molar-refractivity contribution in [3.63, 3.8) is 0 Å². The molecule has 0 saturated heterocycles. The van der Waals surface area contributed by atoms with E-state index in [9.17, 15) is 13.5 Å². The van der Waals surface area contributed by atoms with Gasteiger partial charge in [-0.3, -0.25) is 0 Å². The number of nitrogens with one attached hydrogen (secondary N) is 1. The molecular formula is C12H18BrNO3S. The van der Waals surface area contributed by atoms with Gasteiger partial charge in [-0.25, -0.2) is 13.1 Å². The van der Waals surface area contributed by atoms with Crippen LogP contribution in [0.1, 0.15) is 25.8 Å². The largest absolute Gasteiger partial charge is 0.389 e. The fourth-order valence-corrected chi connectivity index (χ4v) is 3.63. The van der Waals surface area contributed by atoms with E-state index in [1.807, 2.05) is 6.92 Å². The number of rotatable bonds is 5. The minimum Gasteiger partial charge on any atom is -0.389 e. The van der Waals surface area contributed by atoms with E-state index in [1.165, 1.54) is 0 Å². The smallest absolute Gasteiger partial charge is 0.241 e. The van der Waals surface area contributed by atoms with Gasteiger partial charge >= 0.3 is 0 Å². The van der Waals surface area contributed by atoms with Crippen molar-refractivity contribution < 1.29 is 13.5 Å². The average molecular weight is 336 g/mol. The zero-order valence-corrected chi connectivity index (χ0v) is 13.1. The summed E-state index contributed by atoms with van der Waals surface area (Å²) in [5.41, 5.74) is -0.0640. The first kappa shape index (κ1) is 15.6. The standard InChI is InChI=1S/C12H18BrNO3S/c1-4-12(3,15)8-14-18(16,17)11-6-5-9(2)7-10(11)13/h5-7,14-15H,4,8H2,1-3H3. The SMILES string of the molecule is CCC(C)(O)CNS(=O)(=O)c1ccc(C)cc1Br. The Morgan fingerprint density at radius 2 is 2.06 bits per heavy atom. The highest BCUT2D eigenvalue weighted by molar-refractivity contribution is 9.10. The van der Waals surface area contributed by atoms with Crippen LogP contribution in [0.2, 0.25) is 0 Å². The van der Waals surface area contributed by atoms with Crippen molar-refractivity contribution in [2.24, 2.45) is 0 Å². The fraction of sp³-hybridized carbons (Fsp3) is 0.500. The number of benzene rings is 1. The number of halogens is 1. The molecule has 4 nitrogen and oxygen atoms in total. The first-order chi connectivity index (χ1) is 8.18. The normalized spacial score (nSPS) is 15.4. The molecule has 0 aliphatic heterocycles. The van der Waals surface area contributed by atoms with Gasteiger partial charge in [0.1, 0.15) is 0 Å². The van der Waals surface area contributed by atoms with Crippen LogP contribution in [0.25, 0.3) is 0 Å². The van der Waals surface area contributed by atoms with Gasteiger partial charge < -0.3 is 5.11 Å². The first-order valence-corrected chi connectivity index (χ1v) is 7.94. The lowest BCUT2D eigenvalue weighted by molar-refractivity contribution is 0.0613. The molecule has 0 bridgehead atoms. The molecule has 0 saturated carbocycles. The molecule has 1 rings (SSSR count). The van der Waals surface area contributed by atoms with E-state index >= 15 is 0 Å². The van der Waals surface area contributed by atoms with Crippen LogP contribution in [0.5, 0.6) is 0 Å². The first-order valence-electron chi connectivity index (χ1n) is 5.66. The number of aliphatic hydroxyl groups is 1. The zero-order valence-electron chi connectivity index (χ0n) is 10.7. The van der Waals surface area contributed by atoms with Crippen molar-refractivity contribution in [1.29, 1.82) is 0 Å². The van der Waals surface area contributed by atoms with Gasteiger partial charge in [0.05, 0.1) is 10.5 Å². The maximum Gasteiger partial charge on any atom is 0.241 e. The number of hydrogen-bond acceptors (Lipinski definition) is 3. The summed E-state index contributed by atoms with van der Waals surface area (Å²) >= 11 is 3.24. The van der Waals surface area contributed by atoms with Crippen LogP contribution in [0, 0.1) is 6.92 Å². The highest BCUT2D eigenvalue weighted by atomic mass is 79.9. The van der Waals surface area contributed by atoms with Crippen molar-refractivity contribution in [2.75, 3.05) is 6.54 Å². The van der Waals surface area contributed by atoms with Crippen LogP contribution < -0.4 is 4.72 Å². The van der Waals surface area contributed by atoms with Crippen molar-refractivity contribution in [1.82, 2.24) is 4.72 Å². The lowest BCUT2D eigenvalue weighted by Gasteiger charge is -2.21. The Kier molecular flexibility index (Phi) is 4.94. The van der Waals surface area contributed by atoms with Crippen molar-refractivity contribution in [2.45, 2.75) is 37.7 Å². The Labute approximate surface area is 117 Å². The molecule has 0 radical (unpaired) electrons. The lowest BCUT2D eigenvalue weighted by atomic mass is 10.1. The van der Waals surface area contributed by atoms with Gasteiger partial charge in [0, 0.05) is 11.0 Å². The fourth-order valence-electron chi connectivity index (χ4n) is 1.28. The topological polar surface area (TPSA) is 66.4 Å². The third-order valence-electron chi connectivity index (χ3n) is 2.78. The molecule has 102 valence electrons. The minimum atomic E-state index is -3.61. The Morgan fingerprint density at radius 3 is 2.56 bits per heavy atom. The van der Waals surface area contributed by atoms with E-state index in [0.717, 1.165) is 5.56 Å². The van der Waals surface area contributed by atoms with Gasteiger partial charge in [-0.15, -0.1) is 0 Å². The Balaban J connectivity index is 2.94. The van der Waals surface area contributed by atoms with Crippen molar-refractivity contribution in [3.05, 3.63) is 28.2 Å². The summed E-state index contributed by atoms with van der Waals surface area (Å²) in [7, 11) is -3.61.